The molecule has 0 N–H and O–H groups in total. The molecule has 0 spiro atoms. The molecule has 0 heterocycles. The summed E-state index contributed by atoms with van der Waals surface area (Å²) in [6.45, 7) is 3.96. The standard InChI is InChI=1S/C16H15Cl5O2/c1-16(2)8(6-13(19)20)5-10(16)15(22)23-7-9-11(17)3-4-12(18)14(9)21/h3-4,6,8,10H,5,7H2,1-2H3. The molecule has 23 heavy (non-hydrogen) atoms. The van der Waals surface area contributed by atoms with Crippen LogP contribution in [0.5, 0.6) is 0 Å². The second kappa shape index (κ2) is 7.41. The van der Waals surface area contributed by atoms with Gasteiger partial charge in [0.2, 0.25) is 0 Å². The molecule has 2 atom stereocenters. The molecule has 0 aromatic heterocycles. The van der Waals surface area contributed by atoms with Crippen LogP contribution < -0.4 is 0 Å². The third-order valence-electron chi connectivity index (χ3n) is 4.45. The summed E-state index contributed by atoms with van der Waals surface area (Å²) in [7, 11) is 0. The lowest BCUT2D eigenvalue weighted by atomic mass is 9.55. The van der Waals surface area contributed by atoms with Crippen molar-refractivity contribution in [3.63, 3.8) is 0 Å². The number of allylic oxidation sites excluding steroid dienone is 1. The van der Waals surface area contributed by atoms with Crippen molar-refractivity contribution in [1.82, 2.24) is 0 Å². The van der Waals surface area contributed by atoms with Crippen molar-refractivity contribution in [3.05, 3.63) is 43.3 Å². The second-order valence-corrected chi connectivity index (χ2v) is 8.30. The first-order valence-corrected chi connectivity index (χ1v) is 8.85. The quantitative estimate of drug-likeness (QED) is 0.405. The number of rotatable bonds is 4. The highest BCUT2D eigenvalue weighted by Gasteiger charge is 2.51. The van der Waals surface area contributed by atoms with Gasteiger partial charge in [-0.25, -0.2) is 0 Å². The van der Waals surface area contributed by atoms with Gasteiger partial charge in [0.05, 0.1) is 16.0 Å². The van der Waals surface area contributed by atoms with Gasteiger partial charge in [-0.2, -0.15) is 0 Å². The number of hydrogen-bond acceptors (Lipinski definition) is 2. The van der Waals surface area contributed by atoms with Crippen molar-refractivity contribution in [1.29, 1.82) is 0 Å². The average molecular weight is 417 g/mol. The van der Waals surface area contributed by atoms with Gasteiger partial charge in [0, 0.05) is 10.6 Å². The Labute approximate surface area is 160 Å². The van der Waals surface area contributed by atoms with Gasteiger partial charge in [0.1, 0.15) is 11.1 Å². The van der Waals surface area contributed by atoms with E-state index in [1.165, 1.54) is 0 Å². The molecule has 1 fully saturated rings. The first-order chi connectivity index (χ1) is 10.6. The Morgan fingerprint density at radius 2 is 1.87 bits per heavy atom. The highest BCUT2D eigenvalue weighted by Crippen LogP contribution is 2.53. The van der Waals surface area contributed by atoms with Crippen molar-refractivity contribution in [2.75, 3.05) is 0 Å². The van der Waals surface area contributed by atoms with Crippen molar-refractivity contribution < 1.29 is 9.53 Å². The average Bonchev–Trinajstić information content (AvgIpc) is 2.46. The van der Waals surface area contributed by atoms with E-state index in [-0.39, 0.29) is 34.3 Å². The van der Waals surface area contributed by atoms with Crippen LogP contribution in [0.1, 0.15) is 25.8 Å². The van der Waals surface area contributed by atoms with E-state index < -0.39 is 0 Å². The van der Waals surface area contributed by atoms with E-state index in [2.05, 4.69) is 0 Å². The number of carbonyl (C=O) groups excluding carboxylic acids is 1. The topological polar surface area (TPSA) is 26.3 Å². The van der Waals surface area contributed by atoms with E-state index in [1.807, 2.05) is 13.8 Å². The summed E-state index contributed by atoms with van der Waals surface area (Å²) < 4.78 is 5.60. The summed E-state index contributed by atoms with van der Waals surface area (Å²) in [5, 5.41) is 1.08. The fraction of sp³-hybridized carbons (Fsp3) is 0.438. The second-order valence-electron chi connectivity index (χ2n) is 6.10. The van der Waals surface area contributed by atoms with E-state index >= 15 is 0 Å². The Morgan fingerprint density at radius 1 is 1.26 bits per heavy atom. The van der Waals surface area contributed by atoms with Gasteiger partial charge in [0.15, 0.2) is 0 Å². The van der Waals surface area contributed by atoms with Crippen molar-refractivity contribution >= 4 is 64.0 Å². The van der Waals surface area contributed by atoms with Crippen LogP contribution >= 0.6 is 58.0 Å². The monoisotopic (exact) mass is 414 g/mol. The number of benzene rings is 1. The van der Waals surface area contributed by atoms with Crippen molar-refractivity contribution in [2.24, 2.45) is 17.3 Å². The molecule has 126 valence electrons. The van der Waals surface area contributed by atoms with Crippen molar-refractivity contribution in [3.8, 4) is 0 Å². The first kappa shape index (κ1) is 19.2. The SMILES string of the molecule is CC1(C)C(C=C(Cl)Cl)CC1C(=O)OCc1c(Cl)ccc(Cl)c1Cl. The van der Waals surface area contributed by atoms with Gasteiger partial charge in [0.25, 0.3) is 0 Å². The summed E-state index contributed by atoms with van der Waals surface area (Å²) >= 11 is 29.5. The molecule has 1 aromatic carbocycles. The first-order valence-electron chi connectivity index (χ1n) is 6.96. The van der Waals surface area contributed by atoms with E-state index in [4.69, 9.17) is 62.7 Å². The zero-order valence-electron chi connectivity index (χ0n) is 12.5. The molecule has 0 aliphatic heterocycles. The lowest BCUT2D eigenvalue weighted by Crippen LogP contribution is -2.48. The molecule has 1 saturated carbocycles. The Morgan fingerprint density at radius 3 is 2.43 bits per heavy atom. The maximum absolute atomic E-state index is 12.3. The predicted octanol–water partition coefficient (Wildman–Crippen LogP) is 6.67. The van der Waals surface area contributed by atoms with Gasteiger partial charge in [-0.3, -0.25) is 4.79 Å². The maximum Gasteiger partial charge on any atom is 0.309 e. The zero-order valence-corrected chi connectivity index (χ0v) is 16.3. The van der Waals surface area contributed by atoms with Crippen LogP contribution in [0.4, 0.5) is 0 Å². The fourth-order valence-electron chi connectivity index (χ4n) is 2.74. The third-order valence-corrected chi connectivity index (χ3v) is 5.90. The predicted molar refractivity (Wildman–Crippen MR) is 96.4 cm³/mol. The minimum atomic E-state index is -0.294. The lowest BCUT2D eigenvalue weighted by molar-refractivity contribution is -0.164. The maximum atomic E-state index is 12.3. The molecular weight excluding hydrogens is 401 g/mol. The molecule has 0 bridgehead atoms. The number of halogens is 5. The molecule has 2 unspecified atom stereocenters. The highest BCUT2D eigenvalue weighted by atomic mass is 35.5. The minimum absolute atomic E-state index is 0.0135. The minimum Gasteiger partial charge on any atom is -0.460 e. The summed E-state index contributed by atoms with van der Waals surface area (Å²) in [5.41, 5.74) is 0.236. The van der Waals surface area contributed by atoms with Gasteiger partial charge in [-0.05, 0) is 29.9 Å². The summed E-state index contributed by atoms with van der Waals surface area (Å²) in [5.74, 6) is -0.381. The number of ether oxygens (including phenoxy) is 1. The zero-order chi connectivity index (χ0) is 17.4. The number of carbonyl (C=O) groups is 1. The van der Waals surface area contributed by atoms with Crippen LogP contribution in [0, 0.1) is 17.3 Å². The van der Waals surface area contributed by atoms with Gasteiger partial charge < -0.3 is 4.74 Å². The molecule has 0 saturated heterocycles. The lowest BCUT2D eigenvalue weighted by Gasteiger charge is -2.49. The summed E-state index contributed by atoms with van der Waals surface area (Å²) in [6, 6.07) is 3.22. The molecule has 0 radical (unpaired) electrons. The molecule has 1 aromatic rings. The molecule has 0 amide bonds. The van der Waals surface area contributed by atoms with Crippen LogP contribution in [0.15, 0.2) is 22.7 Å². The number of hydrogen-bond donors (Lipinski definition) is 0. The Hall–Kier alpha value is -0.120. The van der Waals surface area contributed by atoms with Crippen LogP contribution in [-0.4, -0.2) is 5.97 Å². The smallest absolute Gasteiger partial charge is 0.309 e. The van der Waals surface area contributed by atoms with Crippen molar-refractivity contribution in [2.45, 2.75) is 26.9 Å². The van der Waals surface area contributed by atoms with Crippen LogP contribution in [0.3, 0.4) is 0 Å². The molecular formula is C16H15Cl5O2. The van der Waals surface area contributed by atoms with Gasteiger partial charge in [-0.15, -0.1) is 0 Å². The third kappa shape index (κ3) is 4.11. The molecule has 2 rings (SSSR count). The van der Waals surface area contributed by atoms with Crippen LogP contribution in [0.25, 0.3) is 0 Å². The normalized spacial score (nSPS) is 22.2. The summed E-state index contributed by atoms with van der Waals surface area (Å²) in [6.07, 6.45) is 2.41. The van der Waals surface area contributed by atoms with Gasteiger partial charge >= 0.3 is 5.97 Å². The Balaban J connectivity index is 2.02. The van der Waals surface area contributed by atoms with E-state index in [0.717, 1.165) is 0 Å². The van der Waals surface area contributed by atoms with Crippen LogP contribution in [-0.2, 0) is 16.1 Å². The molecule has 1 aliphatic carbocycles. The van der Waals surface area contributed by atoms with Gasteiger partial charge in [-0.1, -0.05) is 77.9 Å². The van der Waals surface area contributed by atoms with Crippen LogP contribution in [0.2, 0.25) is 15.1 Å². The molecule has 2 nitrogen and oxygen atoms in total. The molecule has 7 heteroatoms. The number of esters is 1. The summed E-state index contributed by atoms with van der Waals surface area (Å²) in [4.78, 5) is 12.3. The highest BCUT2D eigenvalue weighted by molar-refractivity contribution is 6.55. The Bertz CT molecular complexity index is 650. The van der Waals surface area contributed by atoms with E-state index in [1.54, 1.807) is 18.2 Å². The Kier molecular flexibility index (Phi) is 6.19. The largest absolute Gasteiger partial charge is 0.460 e. The fourth-order valence-corrected chi connectivity index (χ4v) is 3.70. The molecule has 1 aliphatic rings. The van der Waals surface area contributed by atoms with E-state index in [0.29, 0.717) is 27.1 Å². The van der Waals surface area contributed by atoms with E-state index in [9.17, 15) is 4.79 Å².